The van der Waals surface area contributed by atoms with E-state index in [1.807, 2.05) is 6.92 Å². The summed E-state index contributed by atoms with van der Waals surface area (Å²) in [5.41, 5.74) is 0. The molecular weight excluding hydrogens is 208 g/mol. The number of sulfone groups is 1. The van der Waals surface area contributed by atoms with Crippen molar-refractivity contribution in [2.75, 3.05) is 11.5 Å². The quantitative estimate of drug-likeness (QED) is 0.494. The summed E-state index contributed by atoms with van der Waals surface area (Å²) in [4.78, 5) is 0. The van der Waals surface area contributed by atoms with Crippen molar-refractivity contribution in [3.63, 3.8) is 0 Å². The molecule has 4 heteroatoms. The van der Waals surface area contributed by atoms with Crippen molar-refractivity contribution >= 4 is 21.4 Å². The Kier molecular flexibility index (Phi) is 6.78. The van der Waals surface area contributed by atoms with Crippen LogP contribution in [0.4, 0.5) is 0 Å². The topological polar surface area (TPSA) is 34.1 Å². The molecule has 0 aliphatic rings. The minimum absolute atomic E-state index is 0.211. The van der Waals surface area contributed by atoms with Crippen LogP contribution in [0.2, 0.25) is 0 Å². The van der Waals surface area contributed by atoms with Gasteiger partial charge in [0.15, 0.2) is 0 Å². The first kappa shape index (κ1) is 13.2. The molecule has 0 heterocycles. The fourth-order valence-corrected chi connectivity index (χ4v) is 2.16. The van der Waals surface area contributed by atoms with Crippen molar-refractivity contribution in [3.8, 4) is 0 Å². The molecule has 0 bridgehead atoms. The molecule has 0 amide bonds. The van der Waals surface area contributed by atoms with Crippen LogP contribution in [-0.2, 0) is 9.84 Å². The third kappa shape index (κ3) is 8.57. The van der Waals surface area contributed by atoms with Gasteiger partial charge in [0.1, 0.15) is 9.84 Å². The zero-order valence-electron chi connectivity index (χ0n) is 8.42. The van der Waals surface area contributed by atoms with Crippen molar-refractivity contribution in [1.82, 2.24) is 0 Å². The Balaban J connectivity index is 3.37. The van der Waals surface area contributed by atoms with Crippen LogP contribution in [-0.4, -0.2) is 25.3 Å². The number of unbranched alkanes of at least 4 members (excludes halogenated alkanes) is 2. The molecule has 2 nitrogen and oxygen atoms in total. The van der Waals surface area contributed by atoms with E-state index in [2.05, 4.69) is 0 Å². The van der Waals surface area contributed by atoms with E-state index in [9.17, 15) is 8.42 Å². The predicted octanol–water partition coefficient (Wildman–Crippen LogP) is 2.61. The summed E-state index contributed by atoms with van der Waals surface area (Å²) in [6, 6.07) is 0. The smallest absolute Gasteiger partial charge is 0.150 e. The second kappa shape index (κ2) is 6.66. The van der Waals surface area contributed by atoms with Crippen LogP contribution in [0.15, 0.2) is 0 Å². The van der Waals surface area contributed by atoms with E-state index in [1.54, 1.807) is 6.92 Å². The maximum atomic E-state index is 11.1. The second-order valence-corrected chi connectivity index (χ2v) is 6.58. The molecular formula is C9H19ClO2S. The Hall–Kier alpha value is 0.240. The maximum absolute atomic E-state index is 11.1. The summed E-state index contributed by atoms with van der Waals surface area (Å²) in [7, 11) is -2.75. The molecule has 1 atom stereocenters. The minimum Gasteiger partial charge on any atom is -0.229 e. The highest BCUT2D eigenvalue weighted by molar-refractivity contribution is 7.91. The molecule has 13 heavy (non-hydrogen) atoms. The summed E-state index contributed by atoms with van der Waals surface area (Å²) >= 11 is 5.76. The fraction of sp³-hybridized carbons (Fsp3) is 1.00. The largest absolute Gasteiger partial charge is 0.229 e. The molecule has 0 aromatic heterocycles. The molecule has 0 saturated carbocycles. The third-order valence-corrected chi connectivity index (χ3v) is 4.01. The van der Waals surface area contributed by atoms with Crippen LogP contribution < -0.4 is 0 Å². The summed E-state index contributed by atoms with van der Waals surface area (Å²) < 4.78 is 22.1. The lowest BCUT2D eigenvalue weighted by Gasteiger charge is -2.02. The van der Waals surface area contributed by atoms with Gasteiger partial charge in [0.05, 0.1) is 5.75 Å². The molecule has 0 N–H and O–H groups in total. The van der Waals surface area contributed by atoms with Gasteiger partial charge in [0.25, 0.3) is 0 Å². The zero-order chi connectivity index (χ0) is 10.3. The van der Waals surface area contributed by atoms with Gasteiger partial charge in [-0.2, -0.15) is 0 Å². The number of halogens is 1. The molecule has 0 aliphatic heterocycles. The molecule has 0 fully saturated rings. The van der Waals surface area contributed by atoms with Crippen molar-refractivity contribution < 1.29 is 8.42 Å². The first-order valence-electron chi connectivity index (χ1n) is 4.82. The average molecular weight is 227 g/mol. The van der Waals surface area contributed by atoms with Crippen LogP contribution in [0.1, 0.15) is 39.5 Å². The van der Waals surface area contributed by atoms with Gasteiger partial charge in [-0.25, -0.2) is 8.42 Å². The van der Waals surface area contributed by atoms with E-state index in [-0.39, 0.29) is 11.1 Å². The average Bonchev–Trinajstić information content (AvgIpc) is 2.03. The van der Waals surface area contributed by atoms with E-state index < -0.39 is 9.84 Å². The molecule has 0 spiro atoms. The molecule has 0 aliphatic carbocycles. The Bertz CT molecular complexity index is 210. The predicted molar refractivity (Wildman–Crippen MR) is 58.1 cm³/mol. The molecule has 0 aromatic rings. The highest BCUT2D eigenvalue weighted by Crippen LogP contribution is 2.08. The van der Waals surface area contributed by atoms with Gasteiger partial charge in [-0.3, -0.25) is 0 Å². The summed E-state index contributed by atoms with van der Waals surface area (Å²) in [5, 5.41) is 0.211. The summed E-state index contributed by atoms with van der Waals surface area (Å²) in [6.07, 6.45) is 3.76. The first-order chi connectivity index (χ1) is 5.98. The van der Waals surface area contributed by atoms with Gasteiger partial charge in [-0.1, -0.05) is 19.8 Å². The minimum atomic E-state index is -2.75. The lowest BCUT2D eigenvalue weighted by Crippen LogP contribution is -2.08. The maximum Gasteiger partial charge on any atom is 0.150 e. The van der Waals surface area contributed by atoms with Crippen LogP contribution in [0.25, 0.3) is 0 Å². The van der Waals surface area contributed by atoms with Crippen molar-refractivity contribution in [2.45, 2.75) is 44.9 Å². The lowest BCUT2D eigenvalue weighted by atomic mass is 10.2. The van der Waals surface area contributed by atoms with Crippen molar-refractivity contribution in [2.24, 2.45) is 0 Å². The van der Waals surface area contributed by atoms with Gasteiger partial charge < -0.3 is 0 Å². The Morgan fingerprint density at radius 3 is 2.31 bits per heavy atom. The fourth-order valence-electron chi connectivity index (χ4n) is 1.07. The Morgan fingerprint density at radius 2 is 1.85 bits per heavy atom. The normalized spacial score (nSPS) is 14.4. The van der Waals surface area contributed by atoms with E-state index in [0.717, 1.165) is 25.7 Å². The van der Waals surface area contributed by atoms with Gasteiger partial charge in [0, 0.05) is 11.1 Å². The second-order valence-electron chi connectivity index (χ2n) is 3.37. The van der Waals surface area contributed by atoms with Crippen LogP contribution in [0.3, 0.4) is 0 Å². The first-order valence-corrected chi connectivity index (χ1v) is 7.08. The third-order valence-electron chi connectivity index (χ3n) is 2.00. The van der Waals surface area contributed by atoms with Gasteiger partial charge in [-0.15, -0.1) is 11.6 Å². The molecule has 0 saturated heterocycles. The van der Waals surface area contributed by atoms with Crippen LogP contribution in [0.5, 0.6) is 0 Å². The summed E-state index contributed by atoms with van der Waals surface area (Å²) in [5.74, 6) is 0.596. The number of rotatable bonds is 7. The Morgan fingerprint density at radius 1 is 1.23 bits per heavy atom. The zero-order valence-corrected chi connectivity index (χ0v) is 10.00. The van der Waals surface area contributed by atoms with Gasteiger partial charge in [-0.05, 0) is 19.8 Å². The molecule has 1 unspecified atom stereocenters. The SMILES string of the molecule is CCS(=O)(=O)CCCCCC(C)Cl. The van der Waals surface area contributed by atoms with E-state index in [0.29, 0.717) is 5.75 Å². The van der Waals surface area contributed by atoms with Crippen LogP contribution in [0, 0.1) is 0 Å². The number of hydrogen-bond acceptors (Lipinski definition) is 2. The van der Waals surface area contributed by atoms with Gasteiger partial charge >= 0.3 is 0 Å². The molecule has 0 radical (unpaired) electrons. The van der Waals surface area contributed by atoms with E-state index in [4.69, 9.17) is 11.6 Å². The Labute approximate surface area is 86.6 Å². The summed E-state index contributed by atoms with van der Waals surface area (Å²) in [6.45, 7) is 3.65. The highest BCUT2D eigenvalue weighted by atomic mass is 35.5. The number of alkyl halides is 1. The van der Waals surface area contributed by atoms with E-state index in [1.165, 1.54) is 0 Å². The van der Waals surface area contributed by atoms with Crippen molar-refractivity contribution in [3.05, 3.63) is 0 Å². The molecule has 0 rings (SSSR count). The van der Waals surface area contributed by atoms with Crippen LogP contribution >= 0.6 is 11.6 Å². The standard InChI is InChI=1S/C9H19ClO2S/c1-3-13(11,12)8-6-4-5-7-9(2)10/h9H,3-8H2,1-2H3. The monoisotopic (exact) mass is 226 g/mol. The van der Waals surface area contributed by atoms with Gasteiger partial charge in [0.2, 0.25) is 0 Å². The molecule has 80 valence electrons. The number of hydrogen-bond donors (Lipinski definition) is 0. The molecule has 0 aromatic carbocycles. The lowest BCUT2D eigenvalue weighted by molar-refractivity contribution is 0.588. The highest BCUT2D eigenvalue weighted by Gasteiger charge is 2.06. The van der Waals surface area contributed by atoms with E-state index >= 15 is 0 Å². The van der Waals surface area contributed by atoms with Crippen molar-refractivity contribution in [1.29, 1.82) is 0 Å².